The maximum absolute atomic E-state index is 12.2. The largest absolute Gasteiger partial charge is 0.326 e. The van der Waals surface area contributed by atoms with Gasteiger partial charge in [-0.2, -0.15) is 5.26 Å². The maximum Gasteiger partial charge on any atom is 0.228 e. The number of hydrogen-bond donors (Lipinski definition) is 1. The highest BCUT2D eigenvalue weighted by molar-refractivity contribution is 8.03. The molecule has 22 heavy (non-hydrogen) atoms. The SMILES string of the molecule is Cc1ccccc1CC(=O)Nc1cc(C)c(SC#N)c(C)c1. The fourth-order valence-corrected chi connectivity index (χ4v) is 2.95. The molecule has 0 atom stereocenters. The van der Waals surface area contributed by atoms with Gasteiger partial charge in [-0.25, -0.2) is 0 Å². The first-order valence-electron chi connectivity index (χ1n) is 7.03. The van der Waals surface area contributed by atoms with Crippen LogP contribution in [0.4, 0.5) is 5.69 Å². The number of hydrogen-bond acceptors (Lipinski definition) is 3. The Labute approximate surface area is 135 Å². The monoisotopic (exact) mass is 310 g/mol. The van der Waals surface area contributed by atoms with E-state index in [1.165, 1.54) is 0 Å². The molecule has 2 rings (SSSR count). The molecule has 0 saturated carbocycles. The zero-order chi connectivity index (χ0) is 16.1. The number of nitrogens with one attached hydrogen (secondary N) is 1. The minimum atomic E-state index is -0.0335. The van der Waals surface area contributed by atoms with Crippen molar-refractivity contribution in [1.29, 1.82) is 5.26 Å². The van der Waals surface area contributed by atoms with E-state index in [4.69, 9.17) is 5.26 Å². The standard InChI is InChI=1S/C18H18N2OS/c1-12-6-4-5-7-15(12)10-17(21)20-16-8-13(2)18(22-11-19)14(3)9-16/h4-9H,10H2,1-3H3,(H,20,21). The molecule has 2 aromatic rings. The first kappa shape index (κ1) is 16.1. The van der Waals surface area contributed by atoms with Crippen LogP contribution in [0.25, 0.3) is 0 Å². The zero-order valence-electron chi connectivity index (χ0n) is 12.9. The van der Waals surface area contributed by atoms with Crippen molar-refractivity contribution < 1.29 is 4.79 Å². The highest BCUT2D eigenvalue weighted by Crippen LogP contribution is 2.28. The maximum atomic E-state index is 12.2. The second-order valence-electron chi connectivity index (χ2n) is 5.28. The fraction of sp³-hybridized carbons (Fsp3) is 0.222. The van der Waals surface area contributed by atoms with Crippen molar-refractivity contribution >= 4 is 23.4 Å². The molecule has 112 valence electrons. The van der Waals surface area contributed by atoms with Gasteiger partial charge >= 0.3 is 0 Å². The van der Waals surface area contributed by atoms with Crippen LogP contribution in [-0.2, 0) is 11.2 Å². The number of rotatable bonds is 4. The summed E-state index contributed by atoms with van der Waals surface area (Å²) in [6.45, 7) is 5.90. The molecule has 2 aromatic carbocycles. The molecule has 0 bridgehead atoms. The third kappa shape index (κ3) is 3.90. The molecule has 0 saturated heterocycles. The summed E-state index contributed by atoms with van der Waals surface area (Å²) in [5.74, 6) is -0.0335. The molecule has 0 radical (unpaired) electrons. The molecular weight excluding hydrogens is 292 g/mol. The van der Waals surface area contributed by atoms with Gasteiger partial charge in [-0.1, -0.05) is 24.3 Å². The molecule has 0 heterocycles. The summed E-state index contributed by atoms with van der Waals surface area (Å²) in [4.78, 5) is 13.2. The van der Waals surface area contributed by atoms with Crippen LogP contribution in [0.2, 0.25) is 0 Å². The molecule has 1 N–H and O–H groups in total. The number of nitriles is 1. The summed E-state index contributed by atoms with van der Waals surface area (Å²) < 4.78 is 0. The van der Waals surface area contributed by atoms with Gasteiger partial charge in [0.15, 0.2) is 0 Å². The number of amides is 1. The van der Waals surface area contributed by atoms with Crippen molar-refractivity contribution in [3.8, 4) is 5.40 Å². The molecule has 0 aromatic heterocycles. The molecule has 0 aliphatic heterocycles. The Morgan fingerprint density at radius 2 is 1.77 bits per heavy atom. The Balaban J connectivity index is 2.13. The minimum Gasteiger partial charge on any atom is -0.326 e. The summed E-state index contributed by atoms with van der Waals surface area (Å²) in [5.41, 5.74) is 4.92. The molecule has 0 fully saturated rings. The van der Waals surface area contributed by atoms with Gasteiger partial charge in [0.25, 0.3) is 0 Å². The van der Waals surface area contributed by atoms with Gasteiger partial charge in [0.05, 0.1) is 6.42 Å². The molecule has 4 heteroatoms. The number of carbonyl (C=O) groups excluding carboxylic acids is 1. The quantitative estimate of drug-likeness (QED) is 0.674. The smallest absolute Gasteiger partial charge is 0.228 e. The second kappa shape index (κ2) is 7.15. The lowest BCUT2D eigenvalue weighted by Crippen LogP contribution is -2.15. The topological polar surface area (TPSA) is 52.9 Å². The third-order valence-corrected chi connectivity index (χ3v) is 4.44. The molecule has 0 spiro atoms. The van der Waals surface area contributed by atoms with E-state index in [0.717, 1.165) is 44.6 Å². The lowest BCUT2D eigenvalue weighted by molar-refractivity contribution is -0.115. The summed E-state index contributed by atoms with van der Waals surface area (Å²) in [5, 5.41) is 13.8. The van der Waals surface area contributed by atoms with Gasteiger partial charge in [0.1, 0.15) is 5.40 Å². The van der Waals surface area contributed by atoms with Crippen LogP contribution in [0.1, 0.15) is 22.3 Å². The van der Waals surface area contributed by atoms with Gasteiger partial charge < -0.3 is 5.32 Å². The van der Waals surface area contributed by atoms with E-state index in [0.29, 0.717) is 6.42 Å². The number of benzene rings is 2. The number of thioether (sulfide) groups is 1. The average molecular weight is 310 g/mol. The van der Waals surface area contributed by atoms with E-state index in [-0.39, 0.29) is 5.91 Å². The van der Waals surface area contributed by atoms with Gasteiger partial charge in [-0.15, -0.1) is 0 Å². The lowest BCUT2D eigenvalue weighted by Gasteiger charge is -2.11. The Bertz CT molecular complexity index is 724. The number of anilines is 1. The number of nitrogens with zero attached hydrogens (tertiary/aromatic N) is 1. The van der Waals surface area contributed by atoms with Gasteiger partial charge in [0.2, 0.25) is 5.91 Å². The first-order chi connectivity index (χ1) is 10.5. The zero-order valence-corrected chi connectivity index (χ0v) is 13.8. The van der Waals surface area contributed by atoms with Crippen molar-refractivity contribution in [3.63, 3.8) is 0 Å². The molecule has 0 unspecified atom stereocenters. The molecule has 3 nitrogen and oxygen atoms in total. The van der Waals surface area contributed by atoms with Crippen LogP contribution in [0.5, 0.6) is 0 Å². The van der Waals surface area contributed by atoms with Crippen LogP contribution >= 0.6 is 11.8 Å². The summed E-state index contributed by atoms with van der Waals surface area (Å²) in [6.07, 6.45) is 0.361. The van der Waals surface area contributed by atoms with E-state index >= 15 is 0 Å². The van der Waals surface area contributed by atoms with Crippen molar-refractivity contribution in [3.05, 3.63) is 58.7 Å². The summed E-state index contributed by atoms with van der Waals surface area (Å²) in [7, 11) is 0. The van der Waals surface area contributed by atoms with Gasteiger partial charge in [-0.3, -0.25) is 4.79 Å². The third-order valence-electron chi connectivity index (χ3n) is 3.50. The van der Waals surface area contributed by atoms with E-state index < -0.39 is 0 Å². The Kier molecular flexibility index (Phi) is 5.24. The van der Waals surface area contributed by atoms with E-state index in [1.54, 1.807) is 0 Å². The summed E-state index contributed by atoms with van der Waals surface area (Å²) in [6, 6.07) is 11.7. The predicted octanol–water partition coefficient (Wildman–Crippen LogP) is 4.37. The highest BCUT2D eigenvalue weighted by atomic mass is 32.2. The van der Waals surface area contributed by atoms with Crippen LogP contribution < -0.4 is 5.32 Å². The minimum absolute atomic E-state index is 0.0335. The van der Waals surface area contributed by atoms with Crippen molar-refractivity contribution in [1.82, 2.24) is 0 Å². The van der Waals surface area contributed by atoms with E-state index in [1.807, 2.05) is 57.2 Å². The van der Waals surface area contributed by atoms with E-state index in [9.17, 15) is 4.79 Å². The second-order valence-corrected chi connectivity index (χ2v) is 6.08. The molecule has 0 aliphatic rings. The Morgan fingerprint density at radius 3 is 2.36 bits per heavy atom. The van der Waals surface area contributed by atoms with E-state index in [2.05, 4.69) is 10.7 Å². The average Bonchev–Trinajstić information content (AvgIpc) is 2.45. The number of aryl methyl sites for hydroxylation is 3. The Morgan fingerprint density at radius 1 is 1.14 bits per heavy atom. The van der Waals surface area contributed by atoms with Gasteiger partial charge in [-0.05, 0) is 66.9 Å². The number of carbonyl (C=O) groups is 1. The molecular formula is C18H18N2OS. The lowest BCUT2D eigenvalue weighted by atomic mass is 10.1. The molecule has 0 aliphatic carbocycles. The first-order valence-corrected chi connectivity index (χ1v) is 7.84. The van der Waals surface area contributed by atoms with Gasteiger partial charge in [0, 0.05) is 10.6 Å². The van der Waals surface area contributed by atoms with Crippen LogP contribution in [-0.4, -0.2) is 5.91 Å². The predicted molar refractivity (Wildman–Crippen MR) is 90.9 cm³/mol. The van der Waals surface area contributed by atoms with Crippen LogP contribution in [0.3, 0.4) is 0 Å². The summed E-state index contributed by atoms with van der Waals surface area (Å²) >= 11 is 1.15. The van der Waals surface area contributed by atoms with Crippen LogP contribution in [0.15, 0.2) is 41.3 Å². The fourth-order valence-electron chi connectivity index (χ4n) is 2.42. The Hall–Kier alpha value is -2.25. The van der Waals surface area contributed by atoms with Crippen LogP contribution in [0, 0.1) is 31.4 Å². The molecule has 1 amide bonds. The highest BCUT2D eigenvalue weighted by Gasteiger charge is 2.09. The van der Waals surface area contributed by atoms with Crippen molar-refractivity contribution in [2.75, 3.05) is 5.32 Å². The van der Waals surface area contributed by atoms with Crippen molar-refractivity contribution in [2.24, 2.45) is 0 Å². The van der Waals surface area contributed by atoms with Crippen molar-refractivity contribution in [2.45, 2.75) is 32.1 Å². The normalized spacial score (nSPS) is 10.1. The number of thiocyanates is 1.